The Kier molecular flexibility index (Phi) is 3.91. The van der Waals surface area contributed by atoms with Crippen molar-refractivity contribution in [1.82, 2.24) is 29.5 Å². The third-order valence-corrected chi connectivity index (χ3v) is 4.02. The maximum absolute atomic E-state index is 9.20. The molecule has 0 saturated carbocycles. The van der Waals surface area contributed by atoms with Crippen molar-refractivity contribution in [3.8, 4) is 28.6 Å². The lowest BCUT2D eigenvalue weighted by atomic mass is 10.0. The van der Waals surface area contributed by atoms with Gasteiger partial charge in [-0.25, -0.2) is 19.9 Å². The van der Waals surface area contributed by atoms with Gasteiger partial charge in [0.15, 0.2) is 11.5 Å². The maximum Gasteiger partial charge on any atom is 0.223 e. The molecule has 3 heterocycles. The number of hydrogen-bond acceptors (Lipinski definition) is 7. The lowest BCUT2D eigenvalue weighted by Crippen LogP contribution is -2.06. The van der Waals surface area contributed by atoms with Crippen LogP contribution in [0, 0.1) is 11.3 Å². The van der Waals surface area contributed by atoms with Crippen molar-refractivity contribution in [2.24, 2.45) is 0 Å². The highest BCUT2D eigenvalue weighted by molar-refractivity contribution is 6.16. The quantitative estimate of drug-likeness (QED) is 0.556. The molecule has 1 aromatic carbocycles. The van der Waals surface area contributed by atoms with Crippen molar-refractivity contribution < 1.29 is 0 Å². The number of aromatic nitrogens is 6. The number of nitrogens with two attached hydrogens (primary N) is 1. The molecule has 0 radical (unpaired) electrons. The Morgan fingerprint density at radius 2 is 2.12 bits per heavy atom. The fourth-order valence-electron chi connectivity index (χ4n) is 2.68. The van der Waals surface area contributed by atoms with Crippen LogP contribution in [0.25, 0.3) is 28.2 Å². The van der Waals surface area contributed by atoms with Crippen LogP contribution in [0.5, 0.6) is 0 Å². The summed E-state index contributed by atoms with van der Waals surface area (Å²) >= 11 is 5.88. The number of nitriles is 1. The first kappa shape index (κ1) is 15.9. The zero-order chi connectivity index (χ0) is 18.1. The van der Waals surface area contributed by atoms with E-state index in [1.54, 1.807) is 30.5 Å². The van der Waals surface area contributed by atoms with Crippen molar-refractivity contribution >= 4 is 23.2 Å². The maximum atomic E-state index is 9.20. The fraction of sp³-hybridized carbons (Fsp3) is 0.0588. The van der Waals surface area contributed by atoms with Gasteiger partial charge < -0.3 is 5.73 Å². The third kappa shape index (κ3) is 2.60. The smallest absolute Gasteiger partial charge is 0.223 e. The largest absolute Gasteiger partial charge is 0.368 e. The molecule has 0 atom stereocenters. The molecule has 26 heavy (non-hydrogen) atoms. The molecular formula is C17H11ClN8. The summed E-state index contributed by atoms with van der Waals surface area (Å²) in [5.41, 5.74) is 9.62. The number of benzene rings is 1. The van der Waals surface area contributed by atoms with Gasteiger partial charge in [0, 0.05) is 11.8 Å². The first-order valence-electron chi connectivity index (χ1n) is 7.59. The van der Waals surface area contributed by atoms with Gasteiger partial charge in [0.1, 0.15) is 6.33 Å². The first-order chi connectivity index (χ1) is 12.7. The molecular weight excluding hydrogens is 352 g/mol. The predicted octanol–water partition coefficient (Wildman–Crippen LogP) is 2.44. The third-order valence-electron chi connectivity index (χ3n) is 3.78. The molecule has 126 valence electrons. The van der Waals surface area contributed by atoms with Gasteiger partial charge in [-0.3, -0.25) is 0 Å². The number of alkyl halides is 1. The van der Waals surface area contributed by atoms with Crippen molar-refractivity contribution in [3.63, 3.8) is 0 Å². The van der Waals surface area contributed by atoms with Crippen LogP contribution >= 0.6 is 11.6 Å². The second-order valence-corrected chi connectivity index (χ2v) is 5.65. The molecule has 0 fully saturated rings. The van der Waals surface area contributed by atoms with E-state index in [0.29, 0.717) is 34.0 Å². The number of rotatable bonds is 3. The fourth-order valence-corrected chi connectivity index (χ4v) is 2.79. The molecule has 8 nitrogen and oxygen atoms in total. The Morgan fingerprint density at radius 1 is 1.23 bits per heavy atom. The molecule has 2 N–H and O–H groups in total. The number of hydrogen-bond donors (Lipinski definition) is 1. The molecule has 4 rings (SSSR count). The van der Waals surface area contributed by atoms with Crippen LogP contribution in [-0.4, -0.2) is 29.5 Å². The summed E-state index contributed by atoms with van der Waals surface area (Å²) < 4.78 is 1.44. The molecule has 0 amide bonds. The number of halogens is 1. The van der Waals surface area contributed by atoms with Crippen LogP contribution < -0.4 is 5.73 Å². The minimum Gasteiger partial charge on any atom is -0.368 e. The average molecular weight is 363 g/mol. The summed E-state index contributed by atoms with van der Waals surface area (Å²) in [6, 6.07) is 11.0. The summed E-state index contributed by atoms with van der Waals surface area (Å²) in [4.78, 5) is 17.2. The lowest BCUT2D eigenvalue weighted by molar-refractivity contribution is 0.910. The van der Waals surface area contributed by atoms with E-state index in [4.69, 9.17) is 17.3 Å². The molecule has 0 bridgehead atoms. The summed E-state index contributed by atoms with van der Waals surface area (Å²) in [6.07, 6.45) is 3.07. The van der Waals surface area contributed by atoms with E-state index in [1.165, 1.54) is 10.8 Å². The standard InChI is InChI=1S/C17H11ClN8/c18-7-13-23-16-14(12-4-5-21-9-22-12)15(24-17(20)26(16)25-13)11-3-1-2-10(6-11)8-19/h1-6,9H,7H2,(H2,20,24). The molecule has 9 heteroatoms. The van der Waals surface area contributed by atoms with Gasteiger partial charge in [-0.15, -0.1) is 16.7 Å². The van der Waals surface area contributed by atoms with E-state index >= 15 is 0 Å². The lowest BCUT2D eigenvalue weighted by Gasteiger charge is -2.11. The van der Waals surface area contributed by atoms with Crippen LogP contribution in [0.3, 0.4) is 0 Å². The molecule has 0 spiro atoms. The summed E-state index contributed by atoms with van der Waals surface area (Å²) in [5, 5.41) is 13.5. The Morgan fingerprint density at radius 3 is 2.85 bits per heavy atom. The zero-order valence-corrected chi connectivity index (χ0v) is 14.1. The molecule has 4 aromatic rings. The van der Waals surface area contributed by atoms with Crippen molar-refractivity contribution in [1.29, 1.82) is 5.26 Å². The van der Waals surface area contributed by atoms with Crippen LogP contribution in [-0.2, 0) is 5.88 Å². The van der Waals surface area contributed by atoms with Crippen LogP contribution in [0.1, 0.15) is 11.4 Å². The van der Waals surface area contributed by atoms with Crippen LogP contribution in [0.2, 0.25) is 0 Å². The van der Waals surface area contributed by atoms with Gasteiger partial charge in [0.25, 0.3) is 0 Å². The Hall–Kier alpha value is -3.57. The molecule has 3 aromatic heterocycles. The van der Waals surface area contributed by atoms with Crippen molar-refractivity contribution in [2.75, 3.05) is 5.73 Å². The molecule has 0 unspecified atom stereocenters. The normalized spacial score (nSPS) is 10.8. The van der Waals surface area contributed by atoms with E-state index in [2.05, 4.69) is 31.1 Å². The van der Waals surface area contributed by atoms with E-state index in [0.717, 1.165) is 5.56 Å². The number of anilines is 1. The molecule has 0 saturated heterocycles. The van der Waals surface area contributed by atoms with Crippen LogP contribution in [0.4, 0.5) is 5.95 Å². The van der Waals surface area contributed by atoms with E-state index in [-0.39, 0.29) is 11.8 Å². The van der Waals surface area contributed by atoms with Crippen molar-refractivity contribution in [2.45, 2.75) is 5.88 Å². The average Bonchev–Trinajstić information content (AvgIpc) is 3.13. The highest BCUT2D eigenvalue weighted by Gasteiger charge is 2.20. The van der Waals surface area contributed by atoms with Crippen molar-refractivity contribution in [3.05, 3.63) is 54.2 Å². The number of nitrogen functional groups attached to an aromatic ring is 1. The zero-order valence-electron chi connectivity index (χ0n) is 13.3. The minimum absolute atomic E-state index is 0.142. The van der Waals surface area contributed by atoms with E-state index < -0.39 is 0 Å². The summed E-state index contributed by atoms with van der Waals surface area (Å²) in [5.74, 6) is 0.737. The Labute approximate surface area is 152 Å². The van der Waals surface area contributed by atoms with Gasteiger partial charge in [0.2, 0.25) is 5.95 Å². The summed E-state index contributed by atoms with van der Waals surface area (Å²) in [7, 11) is 0. The number of nitrogens with zero attached hydrogens (tertiary/aromatic N) is 7. The Bertz CT molecular complexity index is 1150. The molecule has 0 aliphatic carbocycles. The topological polar surface area (TPSA) is 119 Å². The van der Waals surface area contributed by atoms with E-state index in [9.17, 15) is 5.26 Å². The highest BCUT2D eigenvalue weighted by atomic mass is 35.5. The first-order valence-corrected chi connectivity index (χ1v) is 8.12. The molecule has 0 aliphatic heterocycles. The molecule has 0 aliphatic rings. The van der Waals surface area contributed by atoms with Gasteiger partial charge in [-0.2, -0.15) is 9.78 Å². The van der Waals surface area contributed by atoms with Gasteiger partial charge in [-0.1, -0.05) is 12.1 Å². The Balaban J connectivity index is 2.10. The summed E-state index contributed by atoms with van der Waals surface area (Å²) in [6.45, 7) is 0. The predicted molar refractivity (Wildman–Crippen MR) is 95.9 cm³/mol. The second kappa shape index (κ2) is 6.38. The van der Waals surface area contributed by atoms with Gasteiger partial charge in [0.05, 0.1) is 34.5 Å². The minimum atomic E-state index is 0.142. The van der Waals surface area contributed by atoms with Crippen LogP contribution in [0.15, 0.2) is 42.9 Å². The number of fused-ring (bicyclic) bond motifs is 1. The van der Waals surface area contributed by atoms with Gasteiger partial charge in [-0.05, 0) is 18.2 Å². The highest BCUT2D eigenvalue weighted by Crippen LogP contribution is 2.33. The SMILES string of the molecule is N#Cc1cccc(-c2nc(N)n3nc(CCl)nc3c2-c2ccncn2)c1. The monoisotopic (exact) mass is 362 g/mol. The van der Waals surface area contributed by atoms with Gasteiger partial charge >= 0.3 is 0 Å². The van der Waals surface area contributed by atoms with E-state index in [1.807, 2.05) is 6.07 Å². The second-order valence-electron chi connectivity index (χ2n) is 5.38.